The number of nitrogens with zero attached hydrogens (tertiary/aromatic N) is 4. The summed E-state index contributed by atoms with van der Waals surface area (Å²) in [5, 5.41) is 15.7. The van der Waals surface area contributed by atoms with Crippen LogP contribution in [0.2, 0.25) is 10.0 Å². The van der Waals surface area contributed by atoms with Gasteiger partial charge in [-0.2, -0.15) is 0 Å². The smallest absolute Gasteiger partial charge is 0.236 e. The second-order valence-corrected chi connectivity index (χ2v) is 10.6. The maximum atomic E-state index is 12.4. The lowest BCUT2D eigenvalue weighted by atomic mass is 9.86. The van der Waals surface area contributed by atoms with Crippen molar-refractivity contribution in [2.75, 3.05) is 11.1 Å². The number of anilines is 1. The van der Waals surface area contributed by atoms with Crippen LogP contribution in [0.25, 0.3) is 11.3 Å². The molecule has 1 aromatic carbocycles. The highest BCUT2D eigenvalue weighted by Gasteiger charge is 2.17. The second-order valence-electron chi connectivity index (χ2n) is 8.00. The minimum atomic E-state index is -0.134. The Hall–Kier alpha value is -1.61. The van der Waals surface area contributed by atoms with Gasteiger partial charge in [-0.25, -0.2) is 4.98 Å². The predicted molar refractivity (Wildman–Crippen MR) is 133 cm³/mol. The van der Waals surface area contributed by atoms with Crippen molar-refractivity contribution in [2.24, 2.45) is 13.0 Å². The number of aromatic nitrogens is 4. The molecule has 1 N–H and O–H groups in total. The van der Waals surface area contributed by atoms with Crippen molar-refractivity contribution in [1.82, 2.24) is 19.7 Å². The number of aryl methyl sites for hydroxylation is 1. The third-order valence-electron chi connectivity index (χ3n) is 5.72. The topological polar surface area (TPSA) is 72.7 Å². The van der Waals surface area contributed by atoms with Gasteiger partial charge in [-0.15, -0.1) is 21.5 Å². The highest BCUT2D eigenvalue weighted by Crippen LogP contribution is 2.32. The molecular formula is C22H25Cl2N5OS2. The zero-order valence-corrected chi connectivity index (χ0v) is 21.0. The molecule has 0 radical (unpaired) electrons. The fraction of sp³-hybridized carbons (Fsp3) is 0.455. The molecule has 32 heavy (non-hydrogen) atoms. The van der Waals surface area contributed by atoms with Gasteiger partial charge in [0.25, 0.3) is 0 Å². The average molecular weight is 511 g/mol. The van der Waals surface area contributed by atoms with Gasteiger partial charge in [0, 0.05) is 29.4 Å². The summed E-state index contributed by atoms with van der Waals surface area (Å²) in [7, 11) is 1.97. The number of benzene rings is 1. The normalized spacial score (nSPS) is 14.6. The molecule has 10 heteroatoms. The summed E-state index contributed by atoms with van der Waals surface area (Å²) in [6.45, 7) is 0. The minimum absolute atomic E-state index is 0.134. The Morgan fingerprint density at radius 2 is 2.06 bits per heavy atom. The van der Waals surface area contributed by atoms with E-state index in [1.54, 1.807) is 12.1 Å². The molecule has 1 saturated carbocycles. The van der Waals surface area contributed by atoms with Gasteiger partial charge in [0.05, 0.1) is 16.5 Å². The molecule has 0 spiro atoms. The fourth-order valence-electron chi connectivity index (χ4n) is 3.94. The Morgan fingerprint density at radius 1 is 1.25 bits per heavy atom. The Kier molecular flexibility index (Phi) is 8.10. The average Bonchev–Trinajstić information content (AvgIpc) is 3.38. The van der Waals surface area contributed by atoms with E-state index in [0.717, 1.165) is 28.9 Å². The van der Waals surface area contributed by atoms with Crippen LogP contribution in [0.1, 0.15) is 44.3 Å². The van der Waals surface area contributed by atoms with Gasteiger partial charge >= 0.3 is 0 Å². The lowest BCUT2D eigenvalue weighted by Gasteiger charge is -2.20. The number of carbonyl (C=O) groups excluding carboxylic acids is 1. The van der Waals surface area contributed by atoms with Gasteiger partial charge in [0.1, 0.15) is 5.82 Å². The van der Waals surface area contributed by atoms with E-state index in [0.29, 0.717) is 20.9 Å². The van der Waals surface area contributed by atoms with E-state index in [2.05, 4.69) is 20.5 Å². The monoisotopic (exact) mass is 509 g/mol. The van der Waals surface area contributed by atoms with Gasteiger partial charge in [0.15, 0.2) is 10.3 Å². The maximum Gasteiger partial charge on any atom is 0.236 e. The Morgan fingerprint density at radius 3 is 2.84 bits per heavy atom. The van der Waals surface area contributed by atoms with Gasteiger partial charge in [0.2, 0.25) is 5.91 Å². The van der Waals surface area contributed by atoms with Crippen molar-refractivity contribution in [1.29, 1.82) is 0 Å². The standard InChI is InChI=1S/C22H25Cl2N5OS2/c1-29-19(10-7-14-5-3-2-4-6-14)27-28-22(29)32-13-20(30)26-21-25-18(12-31-21)16-9-8-15(23)11-17(16)24/h8-9,11-12,14H,2-7,10,13H2,1H3,(H,25,26,30). The third-order valence-corrected chi connectivity index (χ3v) is 8.04. The highest BCUT2D eigenvalue weighted by molar-refractivity contribution is 7.99. The van der Waals surface area contributed by atoms with Crippen LogP contribution in [-0.4, -0.2) is 31.4 Å². The van der Waals surface area contributed by atoms with Gasteiger partial charge < -0.3 is 9.88 Å². The molecule has 0 unspecified atom stereocenters. The molecule has 0 atom stereocenters. The van der Waals surface area contributed by atoms with E-state index in [9.17, 15) is 4.79 Å². The first kappa shape index (κ1) is 23.5. The highest BCUT2D eigenvalue weighted by atomic mass is 35.5. The summed E-state index contributed by atoms with van der Waals surface area (Å²) in [5.74, 6) is 1.91. The fourth-order valence-corrected chi connectivity index (χ4v) is 5.90. The molecule has 170 valence electrons. The van der Waals surface area contributed by atoms with Crippen LogP contribution in [0.3, 0.4) is 0 Å². The summed E-state index contributed by atoms with van der Waals surface area (Å²) in [5.41, 5.74) is 1.48. The van der Waals surface area contributed by atoms with Gasteiger partial charge in [-0.3, -0.25) is 4.79 Å². The number of halogens is 2. The number of nitrogens with one attached hydrogen (secondary N) is 1. The number of hydrogen-bond donors (Lipinski definition) is 1. The molecule has 0 aliphatic heterocycles. The van der Waals surface area contributed by atoms with Crippen molar-refractivity contribution in [3.05, 3.63) is 39.4 Å². The van der Waals surface area contributed by atoms with Gasteiger partial charge in [-0.05, 0) is 30.5 Å². The molecule has 0 bridgehead atoms. The summed E-state index contributed by atoms with van der Waals surface area (Å²) in [6.07, 6.45) is 8.86. The summed E-state index contributed by atoms with van der Waals surface area (Å²) in [6, 6.07) is 5.26. The molecule has 0 saturated heterocycles. The summed E-state index contributed by atoms with van der Waals surface area (Å²) in [4.78, 5) is 16.9. The van der Waals surface area contributed by atoms with E-state index in [-0.39, 0.29) is 11.7 Å². The lowest BCUT2D eigenvalue weighted by molar-refractivity contribution is -0.113. The maximum absolute atomic E-state index is 12.4. The Balaban J connectivity index is 1.28. The van der Waals surface area contributed by atoms with E-state index < -0.39 is 0 Å². The first-order valence-corrected chi connectivity index (χ1v) is 13.3. The van der Waals surface area contributed by atoms with Crippen molar-refractivity contribution < 1.29 is 4.79 Å². The molecule has 2 aromatic heterocycles. The second kappa shape index (κ2) is 11.0. The minimum Gasteiger partial charge on any atom is -0.309 e. The van der Waals surface area contributed by atoms with Crippen molar-refractivity contribution in [3.8, 4) is 11.3 Å². The lowest BCUT2D eigenvalue weighted by Crippen LogP contribution is -2.14. The Bertz CT molecular complexity index is 1080. The van der Waals surface area contributed by atoms with Crippen LogP contribution >= 0.6 is 46.3 Å². The largest absolute Gasteiger partial charge is 0.309 e. The summed E-state index contributed by atoms with van der Waals surface area (Å²) < 4.78 is 2.00. The molecule has 1 fully saturated rings. The molecule has 2 heterocycles. The van der Waals surface area contributed by atoms with E-state index >= 15 is 0 Å². The van der Waals surface area contributed by atoms with Crippen LogP contribution in [0, 0.1) is 5.92 Å². The quantitative estimate of drug-likeness (QED) is 0.351. The first-order chi connectivity index (χ1) is 15.5. The molecule has 1 aliphatic carbocycles. The van der Waals surface area contributed by atoms with Crippen LogP contribution in [0.4, 0.5) is 5.13 Å². The first-order valence-electron chi connectivity index (χ1n) is 10.7. The van der Waals surface area contributed by atoms with E-state index in [1.165, 1.54) is 61.6 Å². The van der Waals surface area contributed by atoms with E-state index in [1.807, 2.05) is 23.1 Å². The zero-order valence-electron chi connectivity index (χ0n) is 17.8. The molecule has 4 rings (SSSR count). The Labute approximate surface area is 206 Å². The molecule has 1 amide bonds. The zero-order chi connectivity index (χ0) is 22.5. The molecule has 6 nitrogen and oxygen atoms in total. The number of thioether (sulfide) groups is 1. The van der Waals surface area contributed by atoms with Crippen LogP contribution < -0.4 is 5.32 Å². The number of carbonyl (C=O) groups is 1. The van der Waals surface area contributed by atoms with Crippen molar-refractivity contribution in [2.45, 2.75) is 50.1 Å². The van der Waals surface area contributed by atoms with E-state index in [4.69, 9.17) is 23.2 Å². The number of rotatable bonds is 8. The van der Waals surface area contributed by atoms with Gasteiger partial charge in [-0.1, -0.05) is 67.1 Å². The van der Waals surface area contributed by atoms with Crippen LogP contribution in [0.15, 0.2) is 28.7 Å². The predicted octanol–water partition coefficient (Wildman–Crippen LogP) is 6.49. The molecule has 1 aliphatic rings. The number of hydrogen-bond acceptors (Lipinski definition) is 6. The molecular weight excluding hydrogens is 485 g/mol. The van der Waals surface area contributed by atoms with Crippen molar-refractivity contribution >= 4 is 57.3 Å². The molecule has 3 aromatic rings. The SMILES string of the molecule is Cn1c(CCC2CCCCC2)nnc1SCC(=O)Nc1nc(-c2ccc(Cl)cc2Cl)cs1. The number of amides is 1. The van der Waals surface area contributed by atoms with Crippen LogP contribution in [0.5, 0.6) is 0 Å². The summed E-state index contributed by atoms with van der Waals surface area (Å²) >= 11 is 15.0. The van der Waals surface area contributed by atoms with Crippen molar-refractivity contribution in [3.63, 3.8) is 0 Å². The van der Waals surface area contributed by atoms with Crippen LogP contribution in [-0.2, 0) is 18.3 Å². The number of thiazole rings is 1. The third kappa shape index (κ3) is 6.04.